The SMILES string of the molecule is CC[CH](NC(N)=O)[Sn]([CH3])([CH3])[CH3]. The summed E-state index contributed by atoms with van der Waals surface area (Å²) in [4.78, 5) is 17.4. The molecule has 3 N–H and O–H groups in total. The summed E-state index contributed by atoms with van der Waals surface area (Å²) in [6.07, 6.45) is 1.00. The molecule has 0 aromatic rings. The first-order valence-electron chi connectivity index (χ1n) is 3.94. The van der Waals surface area contributed by atoms with Crippen molar-refractivity contribution in [3.8, 4) is 0 Å². The maximum atomic E-state index is 10.6. The van der Waals surface area contributed by atoms with E-state index in [1.54, 1.807) is 0 Å². The summed E-state index contributed by atoms with van der Waals surface area (Å²) in [5.41, 5.74) is 5.05. The number of urea groups is 1. The molecule has 66 valence electrons. The van der Waals surface area contributed by atoms with Gasteiger partial charge in [-0.2, -0.15) is 0 Å². The van der Waals surface area contributed by atoms with Crippen LogP contribution in [0.5, 0.6) is 0 Å². The Bertz CT molecular complexity index is 142. The third-order valence-corrected chi connectivity index (χ3v) is 9.31. The third kappa shape index (κ3) is 4.50. The third-order valence-electron chi connectivity index (χ3n) is 1.77. The van der Waals surface area contributed by atoms with Gasteiger partial charge in [-0.05, 0) is 0 Å². The zero-order valence-corrected chi connectivity index (χ0v) is 10.6. The first-order chi connectivity index (χ1) is 4.88. The molecule has 0 aliphatic rings. The van der Waals surface area contributed by atoms with E-state index in [1.807, 2.05) is 0 Å². The summed E-state index contributed by atoms with van der Waals surface area (Å²) in [6.45, 7) is 2.09. The standard InChI is InChI=1S/C4H9N2O.3CH3.Sn/c1-2-3-6-4(5)7;;;;/h3H,2H2,1H3,(H3,5,6,7);3*1H3;. The first-order valence-corrected chi connectivity index (χ1v) is 14.1. The van der Waals surface area contributed by atoms with E-state index in [-0.39, 0.29) is 6.03 Å². The Morgan fingerprint density at radius 1 is 1.55 bits per heavy atom. The van der Waals surface area contributed by atoms with Crippen LogP contribution in [0.2, 0.25) is 14.8 Å². The zero-order chi connectivity index (χ0) is 9.07. The summed E-state index contributed by atoms with van der Waals surface area (Å²) >= 11 is -1.95. The van der Waals surface area contributed by atoms with Gasteiger partial charge in [0.05, 0.1) is 0 Å². The van der Waals surface area contributed by atoms with Gasteiger partial charge in [0.2, 0.25) is 0 Å². The van der Waals surface area contributed by atoms with Crippen molar-refractivity contribution in [2.24, 2.45) is 5.73 Å². The van der Waals surface area contributed by atoms with Gasteiger partial charge in [-0.1, -0.05) is 0 Å². The van der Waals surface area contributed by atoms with Crippen molar-refractivity contribution >= 4 is 24.4 Å². The summed E-state index contributed by atoms with van der Waals surface area (Å²) < 4.78 is 0.377. The number of hydrogen-bond donors (Lipinski definition) is 2. The molecule has 0 bridgehead atoms. The molecule has 1 unspecified atom stereocenters. The summed E-state index contributed by atoms with van der Waals surface area (Å²) in [7, 11) is 0. The predicted molar refractivity (Wildman–Crippen MR) is 50.1 cm³/mol. The molecule has 0 aromatic heterocycles. The van der Waals surface area contributed by atoms with Crippen LogP contribution in [-0.4, -0.2) is 28.5 Å². The molecule has 1 atom stereocenters. The molecule has 2 amide bonds. The second kappa shape index (κ2) is 4.18. The Kier molecular flexibility index (Phi) is 4.21. The van der Waals surface area contributed by atoms with Gasteiger partial charge < -0.3 is 0 Å². The number of carbonyl (C=O) groups excluding carboxylic acids is 1. The van der Waals surface area contributed by atoms with Gasteiger partial charge in [0.15, 0.2) is 0 Å². The second-order valence-electron chi connectivity index (χ2n) is 3.84. The molecule has 0 saturated heterocycles. The Hall–Kier alpha value is 0.0687. The zero-order valence-electron chi connectivity index (χ0n) is 7.77. The van der Waals surface area contributed by atoms with Gasteiger partial charge >= 0.3 is 72.5 Å². The summed E-state index contributed by atoms with van der Waals surface area (Å²) in [6, 6.07) is -0.386. The van der Waals surface area contributed by atoms with E-state index >= 15 is 0 Å². The molecule has 0 saturated carbocycles. The second-order valence-corrected chi connectivity index (χ2v) is 19.3. The maximum absolute atomic E-state index is 10.6. The van der Waals surface area contributed by atoms with E-state index in [0.717, 1.165) is 6.42 Å². The van der Waals surface area contributed by atoms with Crippen LogP contribution in [0.15, 0.2) is 0 Å². The van der Waals surface area contributed by atoms with Crippen molar-refractivity contribution in [3.63, 3.8) is 0 Å². The Morgan fingerprint density at radius 2 is 2.00 bits per heavy atom. The Labute approximate surface area is 72.6 Å². The van der Waals surface area contributed by atoms with Crippen molar-refractivity contribution < 1.29 is 4.79 Å². The molecule has 0 radical (unpaired) electrons. The quantitative estimate of drug-likeness (QED) is 0.742. The van der Waals surface area contributed by atoms with Crippen LogP contribution in [0.4, 0.5) is 4.79 Å². The van der Waals surface area contributed by atoms with Crippen LogP contribution < -0.4 is 11.1 Å². The number of amides is 2. The Morgan fingerprint density at radius 3 is 2.09 bits per heavy atom. The fourth-order valence-electron chi connectivity index (χ4n) is 1.10. The number of nitrogens with two attached hydrogens (primary N) is 1. The predicted octanol–water partition coefficient (Wildman–Crippen LogP) is 1.31. The van der Waals surface area contributed by atoms with Crippen molar-refractivity contribution in [2.45, 2.75) is 32.2 Å². The molecule has 0 spiro atoms. The molecule has 0 aromatic carbocycles. The molecular formula is C7H18N2OSn. The minimum atomic E-state index is -1.95. The van der Waals surface area contributed by atoms with Crippen LogP contribution in [-0.2, 0) is 0 Å². The normalized spacial score (nSPS) is 14.2. The number of rotatable bonds is 3. The van der Waals surface area contributed by atoms with Gasteiger partial charge in [0.25, 0.3) is 0 Å². The van der Waals surface area contributed by atoms with Crippen molar-refractivity contribution in [1.29, 1.82) is 0 Å². The van der Waals surface area contributed by atoms with E-state index in [0.29, 0.717) is 4.06 Å². The molecule has 0 heterocycles. The number of nitrogens with one attached hydrogen (secondary N) is 1. The van der Waals surface area contributed by atoms with Crippen LogP contribution in [0, 0.1) is 0 Å². The van der Waals surface area contributed by atoms with Crippen molar-refractivity contribution in [1.82, 2.24) is 5.32 Å². The Balaban J connectivity index is 4.07. The number of primary amides is 1. The molecular weight excluding hydrogens is 247 g/mol. The van der Waals surface area contributed by atoms with Crippen molar-refractivity contribution in [3.05, 3.63) is 0 Å². The van der Waals surface area contributed by atoms with E-state index in [2.05, 4.69) is 27.1 Å². The van der Waals surface area contributed by atoms with E-state index < -0.39 is 18.4 Å². The van der Waals surface area contributed by atoms with E-state index in [1.165, 1.54) is 0 Å². The van der Waals surface area contributed by atoms with Crippen LogP contribution in [0.1, 0.15) is 13.3 Å². The van der Waals surface area contributed by atoms with E-state index in [4.69, 9.17) is 5.73 Å². The van der Waals surface area contributed by atoms with Gasteiger partial charge in [-0.3, -0.25) is 0 Å². The molecule has 0 aliphatic heterocycles. The topological polar surface area (TPSA) is 55.1 Å². The molecule has 3 nitrogen and oxygen atoms in total. The number of carbonyl (C=O) groups is 1. The number of hydrogen-bond acceptors (Lipinski definition) is 1. The molecule has 0 fully saturated rings. The van der Waals surface area contributed by atoms with Crippen LogP contribution in [0.3, 0.4) is 0 Å². The minimum absolute atomic E-state index is 0.377. The van der Waals surface area contributed by atoms with E-state index in [9.17, 15) is 4.79 Å². The monoisotopic (exact) mass is 266 g/mol. The van der Waals surface area contributed by atoms with Crippen molar-refractivity contribution in [2.75, 3.05) is 0 Å². The average Bonchev–Trinajstić information content (AvgIpc) is 1.79. The summed E-state index contributed by atoms with van der Waals surface area (Å²) in [5, 5.41) is 2.80. The van der Waals surface area contributed by atoms with Gasteiger partial charge in [-0.15, -0.1) is 0 Å². The fraction of sp³-hybridized carbons (Fsp3) is 0.857. The average molecular weight is 265 g/mol. The molecule has 0 rings (SSSR count). The molecule has 11 heavy (non-hydrogen) atoms. The van der Waals surface area contributed by atoms with Gasteiger partial charge in [0, 0.05) is 0 Å². The summed E-state index contributed by atoms with van der Waals surface area (Å²) in [5.74, 6) is 0. The van der Waals surface area contributed by atoms with Crippen LogP contribution in [0.25, 0.3) is 0 Å². The molecule has 0 aliphatic carbocycles. The van der Waals surface area contributed by atoms with Crippen LogP contribution >= 0.6 is 0 Å². The molecule has 4 heteroatoms. The first kappa shape index (κ1) is 11.1. The van der Waals surface area contributed by atoms with Gasteiger partial charge in [0.1, 0.15) is 0 Å². The fourth-order valence-corrected chi connectivity index (χ4v) is 6.24. The van der Waals surface area contributed by atoms with Gasteiger partial charge in [-0.25, -0.2) is 0 Å².